The van der Waals surface area contributed by atoms with Crippen LogP contribution in [0.2, 0.25) is 0 Å². The van der Waals surface area contributed by atoms with Gasteiger partial charge in [-0.15, -0.1) is 0 Å². The molecule has 16 heavy (non-hydrogen) atoms. The van der Waals surface area contributed by atoms with Crippen LogP contribution >= 0.6 is 0 Å². The second kappa shape index (κ2) is 3.99. The van der Waals surface area contributed by atoms with Crippen molar-refractivity contribution >= 4 is 15.4 Å². The van der Waals surface area contributed by atoms with Gasteiger partial charge in [-0.05, 0) is 30.7 Å². The van der Waals surface area contributed by atoms with Crippen LogP contribution < -0.4 is 0 Å². The summed E-state index contributed by atoms with van der Waals surface area (Å²) in [5, 5.41) is 1.15. The molecule has 0 saturated carbocycles. The van der Waals surface area contributed by atoms with Gasteiger partial charge < -0.3 is 4.74 Å². The van der Waals surface area contributed by atoms with Crippen LogP contribution in [0.5, 0.6) is 0 Å². The Kier molecular flexibility index (Phi) is 2.82. The highest BCUT2D eigenvalue weighted by atomic mass is 32.2. The minimum atomic E-state index is -3.41. The molecule has 0 N–H and O–H groups in total. The predicted molar refractivity (Wildman–Crippen MR) is 58.1 cm³/mol. The summed E-state index contributed by atoms with van der Waals surface area (Å²) in [6, 6.07) is 3.66. The van der Waals surface area contributed by atoms with Gasteiger partial charge in [0, 0.05) is 17.6 Å². The molecule has 0 atom stereocenters. The topological polar surface area (TPSA) is 43.4 Å². The first kappa shape index (κ1) is 11.3. The van der Waals surface area contributed by atoms with Crippen LogP contribution in [0.4, 0.5) is 4.39 Å². The van der Waals surface area contributed by atoms with Crippen LogP contribution in [0.1, 0.15) is 12.5 Å². The molecule has 1 aliphatic rings. The van der Waals surface area contributed by atoms with Crippen molar-refractivity contribution in [2.75, 3.05) is 13.2 Å². The molecule has 0 saturated heterocycles. The van der Waals surface area contributed by atoms with Gasteiger partial charge in [-0.2, -0.15) is 0 Å². The van der Waals surface area contributed by atoms with E-state index in [1.807, 2.05) is 6.92 Å². The largest absolute Gasteiger partial charge is 0.377 e. The van der Waals surface area contributed by atoms with Gasteiger partial charge in [0.15, 0.2) is 0 Å². The summed E-state index contributed by atoms with van der Waals surface area (Å²) in [7, 11) is -3.41. The Morgan fingerprint density at radius 3 is 2.81 bits per heavy atom. The molecule has 0 spiro atoms. The van der Waals surface area contributed by atoms with Gasteiger partial charge in [0.25, 0.3) is 0 Å². The number of benzene rings is 1. The average Bonchev–Trinajstić information content (AvgIpc) is 2.47. The van der Waals surface area contributed by atoms with E-state index in [1.165, 1.54) is 12.1 Å². The maximum atomic E-state index is 13.0. The molecule has 1 heterocycles. The quantitative estimate of drug-likeness (QED) is 0.761. The zero-order valence-corrected chi connectivity index (χ0v) is 9.55. The molecule has 86 valence electrons. The third-order valence-electron chi connectivity index (χ3n) is 2.35. The maximum Gasteiger partial charge on any atom is 0.200 e. The number of fused-ring (bicyclic) bond motifs is 1. The van der Waals surface area contributed by atoms with Crippen LogP contribution in [0.3, 0.4) is 0 Å². The molecule has 0 unspecified atom stereocenters. The van der Waals surface area contributed by atoms with Gasteiger partial charge in [0.2, 0.25) is 9.84 Å². The van der Waals surface area contributed by atoms with Crippen molar-refractivity contribution in [3.63, 3.8) is 0 Å². The normalized spacial score (nSPS) is 17.0. The molecular formula is C11H11FO3S. The molecule has 0 amide bonds. The van der Waals surface area contributed by atoms with E-state index < -0.39 is 15.7 Å². The molecule has 2 rings (SSSR count). The molecule has 1 aliphatic heterocycles. The highest BCUT2D eigenvalue weighted by molar-refractivity contribution is 7.95. The van der Waals surface area contributed by atoms with Crippen LogP contribution in [0, 0.1) is 5.82 Å². The van der Waals surface area contributed by atoms with E-state index in [1.54, 1.807) is 0 Å². The molecule has 0 aromatic heterocycles. The average molecular weight is 242 g/mol. The van der Waals surface area contributed by atoms with Crippen molar-refractivity contribution in [3.05, 3.63) is 35.0 Å². The molecule has 0 aliphatic carbocycles. The Morgan fingerprint density at radius 1 is 1.38 bits per heavy atom. The van der Waals surface area contributed by atoms with Crippen molar-refractivity contribution in [1.29, 1.82) is 0 Å². The number of ether oxygens (including phenoxy) is 1. The summed E-state index contributed by atoms with van der Waals surface area (Å²) in [5.41, 5.74) is 0.921. The number of rotatable bonds is 3. The first-order chi connectivity index (χ1) is 7.54. The van der Waals surface area contributed by atoms with E-state index in [9.17, 15) is 12.8 Å². The minimum absolute atomic E-state index is 0.156. The molecule has 0 fully saturated rings. The van der Waals surface area contributed by atoms with Gasteiger partial charge in [-0.25, -0.2) is 12.8 Å². The summed E-state index contributed by atoms with van der Waals surface area (Å²) >= 11 is 0. The molecule has 1 aromatic rings. The van der Waals surface area contributed by atoms with E-state index in [0.29, 0.717) is 17.7 Å². The highest BCUT2D eigenvalue weighted by Crippen LogP contribution is 2.33. The Morgan fingerprint density at radius 2 is 2.12 bits per heavy atom. The van der Waals surface area contributed by atoms with Gasteiger partial charge in [-0.3, -0.25) is 0 Å². The lowest BCUT2D eigenvalue weighted by Gasteiger charge is -2.04. The lowest BCUT2D eigenvalue weighted by Crippen LogP contribution is -1.96. The molecule has 5 heteroatoms. The van der Waals surface area contributed by atoms with Crippen LogP contribution in [-0.2, 0) is 14.6 Å². The fourth-order valence-electron chi connectivity index (χ4n) is 1.64. The molecule has 3 nitrogen and oxygen atoms in total. The SMILES string of the molecule is CCOCC1=CS(=O)(=O)c2ccc(F)cc21. The van der Waals surface area contributed by atoms with E-state index >= 15 is 0 Å². The van der Waals surface area contributed by atoms with E-state index in [-0.39, 0.29) is 11.5 Å². The second-order valence-electron chi connectivity index (χ2n) is 3.47. The predicted octanol–water partition coefficient (Wildman–Crippen LogP) is 1.99. The Bertz CT molecular complexity index is 546. The Hall–Kier alpha value is -1.20. The van der Waals surface area contributed by atoms with E-state index in [2.05, 4.69) is 0 Å². The first-order valence-electron chi connectivity index (χ1n) is 4.88. The number of hydrogen-bond acceptors (Lipinski definition) is 3. The Labute approximate surface area is 93.5 Å². The van der Waals surface area contributed by atoms with Crippen molar-refractivity contribution in [3.8, 4) is 0 Å². The lowest BCUT2D eigenvalue weighted by atomic mass is 10.1. The van der Waals surface area contributed by atoms with Crippen LogP contribution in [0.15, 0.2) is 28.5 Å². The second-order valence-corrected chi connectivity index (χ2v) is 5.23. The lowest BCUT2D eigenvalue weighted by molar-refractivity contribution is 0.182. The zero-order chi connectivity index (χ0) is 11.8. The number of hydrogen-bond donors (Lipinski definition) is 0. The molecule has 0 radical (unpaired) electrons. The van der Waals surface area contributed by atoms with Crippen molar-refractivity contribution in [1.82, 2.24) is 0 Å². The van der Waals surface area contributed by atoms with E-state index in [4.69, 9.17) is 4.74 Å². The zero-order valence-electron chi connectivity index (χ0n) is 8.73. The van der Waals surface area contributed by atoms with Crippen LogP contribution in [0.25, 0.3) is 5.57 Å². The number of sulfone groups is 1. The van der Waals surface area contributed by atoms with Crippen molar-refractivity contribution < 1.29 is 17.5 Å². The summed E-state index contributed by atoms with van der Waals surface area (Å²) in [6.45, 7) is 2.49. The summed E-state index contributed by atoms with van der Waals surface area (Å²) in [4.78, 5) is 0.156. The maximum absolute atomic E-state index is 13.0. The van der Waals surface area contributed by atoms with Gasteiger partial charge >= 0.3 is 0 Å². The Balaban J connectivity index is 2.49. The third kappa shape index (κ3) is 1.88. The minimum Gasteiger partial charge on any atom is -0.377 e. The third-order valence-corrected chi connectivity index (χ3v) is 3.92. The summed E-state index contributed by atoms with van der Waals surface area (Å²) < 4.78 is 41.6. The highest BCUT2D eigenvalue weighted by Gasteiger charge is 2.26. The smallest absolute Gasteiger partial charge is 0.200 e. The fraction of sp³-hybridized carbons (Fsp3) is 0.273. The van der Waals surface area contributed by atoms with Crippen LogP contribution in [-0.4, -0.2) is 21.6 Å². The molecule has 0 bridgehead atoms. The van der Waals surface area contributed by atoms with Gasteiger partial charge in [0.05, 0.1) is 11.5 Å². The van der Waals surface area contributed by atoms with Crippen molar-refractivity contribution in [2.45, 2.75) is 11.8 Å². The molecule has 1 aromatic carbocycles. The summed E-state index contributed by atoms with van der Waals surface area (Å²) in [5.74, 6) is -0.446. The standard InChI is InChI=1S/C11H11FO3S/c1-2-15-6-8-7-16(13,14)11-4-3-9(12)5-10(8)11/h3-5,7H,2,6H2,1H3. The summed E-state index contributed by atoms with van der Waals surface area (Å²) in [6.07, 6.45) is 0. The monoisotopic (exact) mass is 242 g/mol. The number of halogens is 1. The first-order valence-corrected chi connectivity index (χ1v) is 6.42. The van der Waals surface area contributed by atoms with Gasteiger partial charge in [0.1, 0.15) is 5.82 Å². The van der Waals surface area contributed by atoms with Gasteiger partial charge in [-0.1, -0.05) is 0 Å². The van der Waals surface area contributed by atoms with Crippen molar-refractivity contribution in [2.24, 2.45) is 0 Å². The fourth-order valence-corrected chi connectivity index (χ4v) is 3.09. The molecular weight excluding hydrogens is 231 g/mol. The van der Waals surface area contributed by atoms with E-state index in [0.717, 1.165) is 11.5 Å².